The number of quaternary nitrogens is 1. The fourth-order valence-electron chi connectivity index (χ4n) is 4.08. The highest BCUT2D eigenvalue weighted by atomic mass is 31.2. The van der Waals surface area contributed by atoms with E-state index in [4.69, 9.17) is 18.5 Å². The van der Waals surface area contributed by atoms with Gasteiger partial charge in [-0.3, -0.25) is 18.6 Å². The second-order valence-electron chi connectivity index (χ2n) is 12.2. The van der Waals surface area contributed by atoms with Crippen LogP contribution in [0.3, 0.4) is 0 Å². The third-order valence-corrected chi connectivity index (χ3v) is 7.77. The number of esters is 2. The Morgan fingerprint density at radius 2 is 1.30 bits per heavy atom. The molecule has 43 heavy (non-hydrogen) atoms. The Balaban J connectivity index is 4.01. The van der Waals surface area contributed by atoms with E-state index in [1.165, 1.54) is 57.8 Å². The molecule has 0 amide bonds. The summed E-state index contributed by atoms with van der Waals surface area (Å²) in [4.78, 5) is 33.9. The molecule has 0 aromatic rings. The lowest BCUT2D eigenvalue weighted by Crippen LogP contribution is -2.37. The van der Waals surface area contributed by atoms with Crippen molar-refractivity contribution >= 4 is 19.8 Å². The maximum atomic E-state index is 12.4. The van der Waals surface area contributed by atoms with Gasteiger partial charge in [0.25, 0.3) is 0 Å². The van der Waals surface area contributed by atoms with Crippen LogP contribution in [0.4, 0.5) is 0 Å². The van der Waals surface area contributed by atoms with Crippen LogP contribution < -0.4 is 0 Å². The van der Waals surface area contributed by atoms with Gasteiger partial charge >= 0.3 is 19.8 Å². The Bertz CT molecular complexity index is 809. The van der Waals surface area contributed by atoms with Crippen molar-refractivity contribution in [2.45, 2.75) is 129 Å². The summed E-state index contributed by atoms with van der Waals surface area (Å²) in [5, 5.41) is 0. The molecule has 0 rings (SSSR count). The summed E-state index contributed by atoms with van der Waals surface area (Å²) in [6.45, 7) is 3.77. The molecule has 10 heteroatoms. The highest BCUT2D eigenvalue weighted by molar-refractivity contribution is 7.47. The number of phosphoric acid groups is 1. The van der Waals surface area contributed by atoms with Crippen molar-refractivity contribution in [2.75, 3.05) is 47.5 Å². The molecule has 0 fully saturated rings. The maximum Gasteiger partial charge on any atom is 0.472 e. The molecule has 0 aliphatic carbocycles. The molecule has 0 aliphatic heterocycles. The molecule has 252 valence electrons. The zero-order valence-corrected chi connectivity index (χ0v) is 28.8. The second kappa shape index (κ2) is 26.9. The zero-order chi connectivity index (χ0) is 32.2. The topological polar surface area (TPSA) is 108 Å². The standard InChI is InChI=1S/C33H62NO8P/c1-6-8-9-10-11-12-13-14-15-16-17-18-19-20-21-22-23-24-25-26-33(36)42-31(29-39-32(35)7-2)30-41-43(37,38)40-28-27-34(3,4)5/h11-12,14-15,31H,6-10,13,16-30H2,1-5H3/p+1/b12-11-,15-14-. The fourth-order valence-corrected chi connectivity index (χ4v) is 4.82. The normalized spacial score (nSPS) is 14.3. The maximum absolute atomic E-state index is 12.4. The summed E-state index contributed by atoms with van der Waals surface area (Å²) in [5.41, 5.74) is 0. The Kier molecular flexibility index (Phi) is 25.9. The number of carbonyl (C=O) groups excluding carboxylic acids is 2. The average molecular weight is 633 g/mol. The van der Waals surface area contributed by atoms with Gasteiger partial charge < -0.3 is 18.9 Å². The molecule has 0 bridgehead atoms. The van der Waals surface area contributed by atoms with Crippen molar-refractivity contribution in [1.82, 2.24) is 0 Å². The molecule has 0 saturated carbocycles. The molecule has 0 aliphatic rings. The average Bonchev–Trinajstić information content (AvgIpc) is 2.94. The number of phosphoric ester groups is 1. The SMILES string of the molecule is CCCCC/C=C\C/C=C\CCCCCCCCCCCC(=O)OC(COC(=O)CC)COP(=O)(O)OCC[N+](C)(C)C. The number of rotatable bonds is 29. The van der Waals surface area contributed by atoms with E-state index < -0.39 is 32.5 Å². The quantitative estimate of drug-likeness (QED) is 0.0290. The van der Waals surface area contributed by atoms with E-state index in [9.17, 15) is 19.0 Å². The molecule has 2 unspecified atom stereocenters. The lowest BCUT2D eigenvalue weighted by atomic mass is 10.1. The van der Waals surface area contributed by atoms with E-state index in [0.717, 1.165) is 32.1 Å². The van der Waals surface area contributed by atoms with Gasteiger partial charge in [-0.1, -0.05) is 95.9 Å². The first-order valence-corrected chi connectivity index (χ1v) is 18.1. The monoisotopic (exact) mass is 632 g/mol. The molecule has 0 aromatic carbocycles. The van der Waals surface area contributed by atoms with Crippen molar-refractivity contribution in [3.8, 4) is 0 Å². The number of unbranched alkanes of at least 4 members (excludes halogenated alkanes) is 12. The van der Waals surface area contributed by atoms with Gasteiger partial charge in [0.2, 0.25) is 0 Å². The molecule has 2 atom stereocenters. The minimum Gasteiger partial charge on any atom is -0.462 e. The van der Waals surface area contributed by atoms with Crippen LogP contribution in [-0.4, -0.2) is 74.9 Å². The molecule has 0 heterocycles. The van der Waals surface area contributed by atoms with Crippen molar-refractivity contribution in [3.05, 3.63) is 24.3 Å². The van der Waals surface area contributed by atoms with Crippen molar-refractivity contribution in [1.29, 1.82) is 0 Å². The minimum atomic E-state index is -4.33. The van der Waals surface area contributed by atoms with E-state index >= 15 is 0 Å². The number of ether oxygens (including phenoxy) is 2. The molecule has 0 radical (unpaired) electrons. The van der Waals surface area contributed by atoms with Gasteiger partial charge in [0.1, 0.15) is 19.8 Å². The minimum absolute atomic E-state index is 0.0295. The van der Waals surface area contributed by atoms with Crippen LogP contribution in [-0.2, 0) is 32.7 Å². The predicted molar refractivity (Wildman–Crippen MR) is 174 cm³/mol. The zero-order valence-electron chi connectivity index (χ0n) is 27.9. The van der Waals surface area contributed by atoms with Gasteiger partial charge in [-0.15, -0.1) is 0 Å². The summed E-state index contributed by atoms with van der Waals surface area (Å²) in [5.74, 6) is -0.905. The van der Waals surface area contributed by atoms with Gasteiger partial charge in [-0.25, -0.2) is 4.57 Å². The third kappa shape index (κ3) is 30.3. The van der Waals surface area contributed by atoms with Gasteiger partial charge in [0.15, 0.2) is 6.10 Å². The lowest BCUT2D eigenvalue weighted by molar-refractivity contribution is -0.870. The molecule has 9 nitrogen and oxygen atoms in total. The van der Waals surface area contributed by atoms with Gasteiger partial charge in [-0.2, -0.15) is 0 Å². The number of carbonyl (C=O) groups is 2. The Morgan fingerprint density at radius 1 is 0.744 bits per heavy atom. The van der Waals surface area contributed by atoms with Crippen LogP contribution in [0, 0.1) is 0 Å². The summed E-state index contributed by atoms with van der Waals surface area (Å²) < 4.78 is 33.3. The van der Waals surface area contributed by atoms with Crippen LogP contribution >= 0.6 is 7.82 Å². The number of hydrogen-bond donors (Lipinski definition) is 1. The van der Waals surface area contributed by atoms with E-state index in [0.29, 0.717) is 17.4 Å². The first kappa shape index (κ1) is 41.5. The van der Waals surface area contributed by atoms with Gasteiger partial charge in [-0.05, 0) is 38.5 Å². The van der Waals surface area contributed by atoms with Crippen LogP contribution in [0.25, 0.3) is 0 Å². The molecular weight excluding hydrogens is 569 g/mol. The van der Waals surface area contributed by atoms with Crippen LogP contribution in [0.1, 0.15) is 123 Å². The fraction of sp³-hybridized carbons (Fsp3) is 0.818. The van der Waals surface area contributed by atoms with E-state index in [2.05, 4.69) is 31.2 Å². The van der Waals surface area contributed by atoms with E-state index in [1.54, 1.807) is 6.92 Å². The number of hydrogen-bond acceptors (Lipinski definition) is 7. The van der Waals surface area contributed by atoms with Gasteiger partial charge in [0.05, 0.1) is 27.7 Å². The Labute approximate surface area is 262 Å². The highest BCUT2D eigenvalue weighted by Gasteiger charge is 2.26. The Hall–Kier alpha value is -1.51. The smallest absolute Gasteiger partial charge is 0.462 e. The second-order valence-corrected chi connectivity index (χ2v) is 13.6. The van der Waals surface area contributed by atoms with Crippen LogP contribution in [0.15, 0.2) is 24.3 Å². The predicted octanol–water partition coefficient (Wildman–Crippen LogP) is 8.07. The molecule has 0 spiro atoms. The van der Waals surface area contributed by atoms with E-state index in [1.807, 2.05) is 21.1 Å². The molecule has 1 N–H and O–H groups in total. The molecule has 0 saturated heterocycles. The Morgan fingerprint density at radius 3 is 1.86 bits per heavy atom. The molecular formula is C33H63NO8P+. The van der Waals surface area contributed by atoms with Gasteiger partial charge in [0, 0.05) is 12.8 Å². The summed E-state index contributed by atoms with van der Waals surface area (Å²) >= 11 is 0. The third-order valence-electron chi connectivity index (χ3n) is 6.79. The number of nitrogens with zero attached hydrogens (tertiary/aromatic N) is 1. The van der Waals surface area contributed by atoms with Crippen molar-refractivity contribution < 1.29 is 42.1 Å². The highest BCUT2D eigenvalue weighted by Crippen LogP contribution is 2.43. The lowest BCUT2D eigenvalue weighted by Gasteiger charge is -2.24. The van der Waals surface area contributed by atoms with Crippen molar-refractivity contribution in [2.24, 2.45) is 0 Å². The van der Waals surface area contributed by atoms with Crippen LogP contribution in [0.5, 0.6) is 0 Å². The van der Waals surface area contributed by atoms with Crippen LogP contribution in [0.2, 0.25) is 0 Å². The number of allylic oxidation sites excluding steroid dienone is 4. The number of likely N-dealkylation sites (N-methyl/N-ethyl adjacent to an activating group) is 1. The summed E-state index contributed by atoms with van der Waals surface area (Å²) in [6, 6.07) is 0. The first-order chi connectivity index (χ1) is 20.5. The van der Waals surface area contributed by atoms with Crippen molar-refractivity contribution in [3.63, 3.8) is 0 Å². The largest absolute Gasteiger partial charge is 0.472 e. The summed E-state index contributed by atoms with van der Waals surface area (Å²) in [6.07, 6.45) is 26.0. The molecule has 0 aromatic heterocycles. The summed E-state index contributed by atoms with van der Waals surface area (Å²) in [7, 11) is 1.46. The van der Waals surface area contributed by atoms with E-state index in [-0.39, 0.29) is 26.1 Å². The first-order valence-electron chi connectivity index (χ1n) is 16.6.